The molecule has 2 rings (SSSR count). The monoisotopic (exact) mass is 194 g/mol. The van der Waals surface area contributed by atoms with Crippen LogP contribution in [0.4, 0.5) is 0 Å². The van der Waals surface area contributed by atoms with Gasteiger partial charge in [-0.1, -0.05) is 0 Å². The van der Waals surface area contributed by atoms with E-state index >= 15 is 0 Å². The predicted octanol–water partition coefficient (Wildman–Crippen LogP) is 1.59. The molecule has 1 aliphatic carbocycles. The number of hydrogen-bond acceptors (Lipinski definition) is 4. The highest BCUT2D eigenvalue weighted by atomic mass is 16.5. The number of Topliss-reactive ketones (excluding diaryl/α,β-unsaturated/α-hetero) is 1. The van der Waals surface area contributed by atoms with Crippen molar-refractivity contribution >= 4 is 11.8 Å². The van der Waals surface area contributed by atoms with Crippen molar-refractivity contribution in [3.8, 4) is 0 Å². The Bertz CT molecular complexity index is 389. The molecule has 1 heterocycles. The lowest BCUT2D eigenvalue weighted by Crippen LogP contribution is -2.11. The first-order valence-electron chi connectivity index (χ1n) is 4.46. The van der Waals surface area contributed by atoms with Gasteiger partial charge in [0.25, 0.3) is 0 Å². The molecule has 0 radical (unpaired) electrons. The van der Waals surface area contributed by atoms with E-state index in [1.165, 1.54) is 13.4 Å². The number of fused-ring (bicyclic) bond motifs is 1. The Morgan fingerprint density at radius 2 is 2.29 bits per heavy atom. The van der Waals surface area contributed by atoms with E-state index in [-0.39, 0.29) is 11.5 Å². The van der Waals surface area contributed by atoms with Gasteiger partial charge in [-0.15, -0.1) is 0 Å². The number of hydrogen-bond donors (Lipinski definition) is 0. The van der Waals surface area contributed by atoms with E-state index in [1.807, 2.05) is 0 Å². The molecule has 0 amide bonds. The fourth-order valence-corrected chi connectivity index (χ4v) is 1.69. The van der Waals surface area contributed by atoms with Crippen LogP contribution in [0.3, 0.4) is 0 Å². The number of ether oxygens (including phenoxy) is 1. The molecule has 14 heavy (non-hydrogen) atoms. The number of carbonyl (C=O) groups is 2. The molecule has 0 N–H and O–H groups in total. The number of esters is 1. The van der Waals surface area contributed by atoms with Crippen LogP contribution in [0, 0.1) is 0 Å². The standard InChI is InChI=1S/C10H10O4/c1-13-10(12)9-6-3-2-4-8(11)7(6)5-14-9/h5H,2-4H2,1H3. The predicted molar refractivity (Wildman–Crippen MR) is 47.3 cm³/mol. The number of furan rings is 1. The van der Waals surface area contributed by atoms with Crippen molar-refractivity contribution in [1.82, 2.24) is 0 Å². The Kier molecular flexibility index (Phi) is 2.11. The molecule has 4 heteroatoms. The minimum Gasteiger partial charge on any atom is -0.463 e. The van der Waals surface area contributed by atoms with Crippen LogP contribution in [0.15, 0.2) is 10.7 Å². The first kappa shape index (κ1) is 8.99. The van der Waals surface area contributed by atoms with Gasteiger partial charge in [-0.2, -0.15) is 0 Å². The van der Waals surface area contributed by atoms with E-state index in [1.54, 1.807) is 0 Å². The molecule has 74 valence electrons. The minimum atomic E-state index is -0.513. The quantitative estimate of drug-likeness (QED) is 0.637. The van der Waals surface area contributed by atoms with Crippen molar-refractivity contribution in [2.45, 2.75) is 19.3 Å². The zero-order valence-corrected chi connectivity index (χ0v) is 7.83. The Morgan fingerprint density at radius 1 is 1.50 bits per heavy atom. The molecule has 1 aromatic rings. The summed E-state index contributed by atoms with van der Waals surface area (Å²) < 4.78 is 9.60. The highest BCUT2D eigenvalue weighted by Crippen LogP contribution is 2.26. The first-order chi connectivity index (χ1) is 6.74. The average Bonchev–Trinajstić information content (AvgIpc) is 2.62. The summed E-state index contributed by atoms with van der Waals surface area (Å²) in [4.78, 5) is 22.6. The van der Waals surface area contributed by atoms with Crippen molar-refractivity contribution in [3.05, 3.63) is 23.2 Å². The lowest BCUT2D eigenvalue weighted by molar-refractivity contribution is 0.0563. The van der Waals surface area contributed by atoms with Crippen LogP contribution in [-0.4, -0.2) is 18.9 Å². The summed E-state index contributed by atoms with van der Waals surface area (Å²) in [6, 6.07) is 0. The first-order valence-corrected chi connectivity index (χ1v) is 4.46. The van der Waals surface area contributed by atoms with Gasteiger partial charge in [-0.25, -0.2) is 4.79 Å². The summed E-state index contributed by atoms with van der Waals surface area (Å²) in [5.41, 5.74) is 1.24. The van der Waals surface area contributed by atoms with Crippen molar-refractivity contribution < 1.29 is 18.7 Å². The molecular formula is C10H10O4. The Labute approximate surface area is 80.8 Å². The highest BCUT2D eigenvalue weighted by Gasteiger charge is 2.26. The van der Waals surface area contributed by atoms with E-state index in [2.05, 4.69) is 4.74 Å². The van der Waals surface area contributed by atoms with Crippen LogP contribution < -0.4 is 0 Å². The maximum atomic E-state index is 11.4. The number of carbonyl (C=O) groups excluding carboxylic acids is 2. The third-order valence-electron chi connectivity index (χ3n) is 2.40. The summed E-state index contributed by atoms with van der Waals surface area (Å²) in [6.45, 7) is 0. The molecular weight excluding hydrogens is 184 g/mol. The van der Waals surface area contributed by atoms with Gasteiger partial charge in [0.1, 0.15) is 6.26 Å². The maximum absolute atomic E-state index is 11.4. The van der Waals surface area contributed by atoms with Crippen LogP contribution in [0.5, 0.6) is 0 Å². The van der Waals surface area contributed by atoms with Gasteiger partial charge in [0, 0.05) is 12.0 Å². The smallest absolute Gasteiger partial charge is 0.374 e. The normalized spacial score (nSPS) is 15.1. The SMILES string of the molecule is COC(=O)c1occ2c1CCCC2=O. The second kappa shape index (κ2) is 3.29. The zero-order valence-electron chi connectivity index (χ0n) is 7.83. The van der Waals surface area contributed by atoms with Gasteiger partial charge >= 0.3 is 5.97 Å². The highest BCUT2D eigenvalue weighted by molar-refractivity contribution is 6.01. The van der Waals surface area contributed by atoms with Crippen molar-refractivity contribution in [2.75, 3.05) is 7.11 Å². The molecule has 0 aromatic carbocycles. The topological polar surface area (TPSA) is 56.5 Å². The summed E-state index contributed by atoms with van der Waals surface area (Å²) in [5.74, 6) is -0.290. The molecule has 1 aliphatic rings. The fraction of sp³-hybridized carbons (Fsp3) is 0.400. The molecule has 0 atom stereocenters. The van der Waals surface area contributed by atoms with Crippen LogP contribution >= 0.6 is 0 Å². The molecule has 0 fully saturated rings. The van der Waals surface area contributed by atoms with Gasteiger partial charge in [0.2, 0.25) is 5.76 Å². The molecule has 0 saturated carbocycles. The largest absolute Gasteiger partial charge is 0.463 e. The van der Waals surface area contributed by atoms with E-state index in [0.717, 1.165) is 6.42 Å². The van der Waals surface area contributed by atoms with Crippen LogP contribution in [0.25, 0.3) is 0 Å². The molecule has 0 unspecified atom stereocenters. The molecule has 0 saturated heterocycles. The van der Waals surface area contributed by atoms with Gasteiger partial charge in [-0.3, -0.25) is 4.79 Å². The molecule has 4 nitrogen and oxygen atoms in total. The minimum absolute atomic E-state index is 0.0464. The second-order valence-corrected chi connectivity index (χ2v) is 3.23. The molecule has 0 spiro atoms. The molecule has 1 aromatic heterocycles. The summed E-state index contributed by atoms with van der Waals surface area (Å²) in [5, 5.41) is 0. The molecule has 0 bridgehead atoms. The zero-order chi connectivity index (χ0) is 10.1. The Morgan fingerprint density at radius 3 is 3.00 bits per heavy atom. The van der Waals surface area contributed by atoms with Crippen LogP contribution in [0.2, 0.25) is 0 Å². The van der Waals surface area contributed by atoms with E-state index < -0.39 is 5.97 Å². The van der Waals surface area contributed by atoms with Gasteiger partial charge in [0.15, 0.2) is 5.78 Å². The maximum Gasteiger partial charge on any atom is 0.374 e. The fourth-order valence-electron chi connectivity index (χ4n) is 1.69. The summed E-state index contributed by atoms with van der Waals surface area (Å²) in [6.07, 6.45) is 3.37. The van der Waals surface area contributed by atoms with Crippen molar-refractivity contribution in [1.29, 1.82) is 0 Å². The van der Waals surface area contributed by atoms with Gasteiger partial charge in [-0.05, 0) is 12.8 Å². The van der Waals surface area contributed by atoms with Gasteiger partial charge in [0.05, 0.1) is 12.7 Å². The average molecular weight is 194 g/mol. The van der Waals surface area contributed by atoms with Crippen molar-refractivity contribution in [3.63, 3.8) is 0 Å². The van der Waals surface area contributed by atoms with E-state index in [4.69, 9.17) is 4.42 Å². The van der Waals surface area contributed by atoms with Gasteiger partial charge < -0.3 is 9.15 Å². The van der Waals surface area contributed by atoms with E-state index in [0.29, 0.717) is 24.0 Å². The lowest BCUT2D eigenvalue weighted by atomic mass is 9.93. The third kappa shape index (κ3) is 1.23. The Balaban J connectivity index is 2.45. The van der Waals surface area contributed by atoms with E-state index in [9.17, 15) is 9.59 Å². The number of rotatable bonds is 1. The van der Waals surface area contributed by atoms with Crippen LogP contribution in [0.1, 0.15) is 39.3 Å². The second-order valence-electron chi connectivity index (χ2n) is 3.23. The van der Waals surface area contributed by atoms with Crippen LogP contribution in [-0.2, 0) is 11.2 Å². The lowest BCUT2D eigenvalue weighted by Gasteiger charge is -2.08. The third-order valence-corrected chi connectivity index (χ3v) is 2.40. The summed E-state index contributed by atoms with van der Waals surface area (Å²) in [7, 11) is 1.29. The number of methoxy groups -OCH3 is 1. The summed E-state index contributed by atoms with van der Waals surface area (Å²) >= 11 is 0. The number of ketones is 1. The molecule has 0 aliphatic heterocycles. The van der Waals surface area contributed by atoms with Crippen molar-refractivity contribution in [2.24, 2.45) is 0 Å². The Hall–Kier alpha value is -1.58.